The first-order valence-electron chi connectivity index (χ1n) is 9.71. The lowest BCUT2D eigenvalue weighted by Gasteiger charge is -2.35. The van der Waals surface area contributed by atoms with Gasteiger partial charge in [0.05, 0.1) is 11.5 Å². The Hall–Kier alpha value is -2.73. The van der Waals surface area contributed by atoms with Crippen LogP contribution in [0.5, 0.6) is 0 Å². The van der Waals surface area contributed by atoms with Gasteiger partial charge in [-0.15, -0.1) is 0 Å². The third-order valence-corrected chi connectivity index (χ3v) is 5.95. The van der Waals surface area contributed by atoms with Gasteiger partial charge in [-0.25, -0.2) is 0 Å². The van der Waals surface area contributed by atoms with Crippen LogP contribution in [0.2, 0.25) is 0 Å². The van der Waals surface area contributed by atoms with Gasteiger partial charge in [-0.3, -0.25) is 19.5 Å². The molecule has 1 aromatic heterocycles. The van der Waals surface area contributed by atoms with Crippen molar-refractivity contribution in [1.82, 2.24) is 20.1 Å². The third kappa shape index (κ3) is 3.40. The third-order valence-electron chi connectivity index (χ3n) is 5.95. The fraction of sp³-hybridized carbons (Fsp3) is 0.409. The average Bonchev–Trinajstić information content (AvgIpc) is 2.96. The van der Waals surface area contributed by atoms with Crippen molar-refractivity contribution >= 4 is 11.8 Å². The van der Waals surface area contributed by atoms with Gasteiger partial charge in [0, 0.05) is 51.7 Å². The van der Waals surface area contributed by atoms with Gasteiger partial charge in [-0.05, 0) is 36.1 Å². The molecular formula is C22H26N4O2. The molecule has 1 spiro atoms. The van der Waals surface area contributed by atoms with Crippen molar-refractivity contribution in [3.05, 3.63) is 65.5 Å². The highest BCUT2D eigenvalue weighted by Gasteiger charge is 2.52. The van der Waals surface area contributed by atoms with Crippen molar-refractivity contribution in [3.8, 4) is 0 Å². The standard InChI is InChI=1S/C22H26N4O2/c1-25(2)21(28)19-14-26(13-16-6-5-11-23-12-16)15-22(19)10-9-17-7-3-4-8-18(17)20(27)24-22/h3-8,11-12,19H,9-10,13-15H2,1-2H3,(H,24,27)/t19-,22+/m1/s1. The molecule has 2 aliphatic rings. The van der Waals surface area contributed by atoms with E-state index in [1.165, 1.54) is 0 Å². The first-order chi connectivity index (χ1) is 13.5. The average molecular weight is 378 g/mol. The number of likely N-dealkylation sites (tertiary alicyclic amines) is 1. The molecule has 2 atom stereocenters. The molecule has 1 aromatic carbocycles. The maximum Gasteiger partial charge on any atom is 0.252 e. The van der Waals surface area contributed by atoms with Gasteiger partial charge in [0.1, 0.15) is 0 Å². The van der Waals surface area contributed by atoms with E-state index in [4.69, 9.17) is 0 Å². The lowest BCUT2D eigenvalue weighted by atomic mass is 9.81. The molecule has 0 radical (unpaired) electrons. The van der Waals surface area contributed by atoms with Crippen molar-refractivity contribution in [2.45, 2.75) is 24.9 Å². The van der Waals surface area contributed by atoms with Gasteiger partial charge in [0.15, 0.2) is 0 Å². The van der Waals surface area contributed by atoms with Gasteiger partial charge in [0.25, 0.3) is 5.91 Å². The molecule has 2 aliphatic heterocycles. The summed E-state index contributed by atoms with van der Waals surface area (Å²) in [5, 5.41) is 3.27. The van der Waals surface area contributed by atoms with E-state index in [2.05, 4.69) is 15.2 Å². The van der Waals surface area contributed by atoms with Crippen LogP contribution >= 0.6 is 0 Å². The maximum atomic E-state index is 13.0. The van der Waals surface area contributed by atoms with E-state index in [0.717, 1.165) is 36.1 Å². The number of benzene rings is 1. The summed E-state index contributed by atoms with van der Waals surface area (Å²) in [6.45, 7) is 2.00. The predicted molar refractivity (Wildman–Crippen MR) is 107 cm³/mol. The Morgan fingerprint density at radius 2 is 2.11 bits per heavy atom. The number of carbonyl (C=O) groups is 2. The topological polar surface area (TPSA) is 65.5 Å². The first kappa shape index (κ1) is 18.6. The molecule has 0 unspecified atom stereocenters. The Morgan fingerprint density at radius 3 is 2.86 bits per heavy atom. The second kappa shape index (κ2) is 7.36. The molecule has 1 fully saturated rings. The number of nitrogens with zero attached hydrogens (tertiary/aromatic N) is 3. The molecule has 1 N–H and O–H groups in total. The summed E-state index contributed by atoms with van der Waals surface area (Å²) in [5.74, 6) is -0.273. The van der Waals surface area contributed by atoms with Gasteiger partial charge in [-0.1, -0.05) is 24.3 Å². The van der Waals surface area contributed by atoms with Crippen molar-refractivity contribution in [1.29, 1.82) is 0 Å². The fourth-order valence-electron chi connectivity index (χ4n) is 4.56. The molecule has 6 nitrogen and oxygen atoms in total. The normalized spacial score (nSPS) is 24.5. The molecular weight excluding hydrogens is 352 g/mol. The van der Waals surface area contributed by atoms with Gasteiger partial charge >= 0.3 is 0 Å². The number of rotatable bonds is 3. The molecule has 3 heterocycles. The highest BCUT2D eigenvalue weighted by atomic mass is 16.2. The number of hydrogen-bond donors (Lipinski definition) is 1. The Bertz CT molecular complexity index is 883. The summed E-state index contributed by atoms with van der Waals surface area (Å²) in [7, 11) is 3.57. The van der Waals surface area contributed by atoms with E-state index in [0.29, 0.717) is 13.1 Å². The summed E-state index contributed by atoms with van der Waals surface area (Å²) in [6.07, 6.45) is 5.15. The van der Waals surface area contributed by atoms with E-state index in [1.54, 1.807) is 25.2 Å². The molecule has 6 heteroatoms. The summed E-state index contributed by atoms with van der Waals surface area (Å²) in [5.41, 5.74) is 2.33. The number of nitrogens with one attached hydrogen (secondary N) is 1. The number of fused-ring (bicyclic) bond motifs is 1. The second-order valence-electron chi connectivity index (χ2n) is 8.08. The Balaban J connectivity index is 1.64. The number of amides is 2. The smallest absolute Gasteiger partial charge is 0.252 e. The zero-order valence-electron chi connectivity index (χ0n) is 16.4. The summed E-state index contributed by atoms with van der Waals surface area (Å²) >= 11 is 0. The molecule has 1 saturated heterocycles. The van der Waals surface area contributed by atoms with E-state index in [9.17, 15) is 9.59 Å². The monoisotopic (exact) mass is 378 g/mol. The zero-order chi connectivity index (χ0) is 19.7. The van der Waals surface area contributed by atoms with Crippen LogP contribution in [0.3, 0.4) is 0 Å². The first-order valence-corrected chi connectivity index (χ1v) is 9.71. The lowest BCUT2D eigenvalue weighted by molar-refractivity contribution is -0.134. The lowest BCUT2D eigenvalue weighted by Crippen LogP contribution is -2.57. The minimum Gasteiger partial charge on any atom is -0.348 e. The van der Waals surface area contributed by atoms with Crippen LogP contribution in [-0.2, 0) is 17.8 Å². The highest BCUT2D eigenvalue weighted by molar-refractivity contribution is 5.97. The minimum absolute atomic E-state index is 0.0694. The van der Waals surface area contributed by atoms with E-state index < -0.39 is 5.54 Å². The van der Waals surface area contributed by atoms with Crippen LogP contribution in [0.25, 0.3) is 0 Å². The van der Waals surface area contributed by atoms with E-state index in [-0.39, 0.29) is 17.7 Å². The molecule has 2 amide bonds. The molecule has 0 saturated carbocycles. The highest BCUT2D eigenvalue weighted by Crippen LogP contribution is 2.36. The fourth-order valence-corrected chi connectivity index (χ4v) is 4.56. The Labute approximate surface area is 165 Å². The largest absolute Gasteiger partial charge is 0.348 e. The minimum atomic E-state index is -0.556. The van der Waals surface area contributed by atoms with Crippen molar-refractivity contribution < 1.29 is 9.59 Å². The van der Waals surface area contributed by atoms with Crippen molar-refractivity contribution in [2.75, 3.05) is 27.2 Å². The molecule has 2 aromatic rings. The van der Waals surface area contributed by atoms with E-state index >= 15 is 0 Å². The number of pyridine rings is 1. The number of aromatic nitrogens is 1. The van der Waals surface area contributed by atoms with Crippen molar-refractivity contribution in [3.63, 3.8) is 0 Å². The van der Waals surface area contributed by atoms with Crippen LogP contribution in [0.1, 0.15) is 27.9 Å². The summed E-state index contributed by atoms with van der Waals surface area (Å²) in [4.78, 5) is 34.2. The van der Waals surface area contributed by atoms with Crippen molar-refractivity contribution in [2.24, 2.45) is 5.92 Å². The van der Waals surface area contributed by atoms with Crippen LogP contribution < -0.4 is 5.32 Å². The van der Waals surface area contributed by atoms with Gasteiger partial charge < -0.3 is 10.2 Å². The molecule has 0 aliphatic carbocycles. The SMILES string of the molecule is CN(C)C(=O)[C@H]1CN(Cc2cccnc2)C[C@@]12CCc1ccccc1C(=O)N2. The van der Waals surface area contributed by atoms with Crippen LogP contribution in [0, 0.1) is 5.92 Å². The van der Waals surface area contributed by atoms with Gasteiger partial charge in [0.2, 0.25) is 5.91 Å². The second-order valence-corrected chi connectivity index (χ2v) is 8.08. The summed E-state index contributed by atoms with van der Waals surface area (Å²) in [6, 6.07) is 11.7. The molecule has 146 valence electrons. The van der Waals surface area contributed by atoms with Gasteiger partial charge in [-0.2, -0.15) is 0 Å². The number of aryl methyl sites for hydroxylation is 1. The zero-order valence-corrected chi connectivity index (χ0v) is 16.4. The van der Waals surface area contributed by atoms with Crippen LogP contribution in [0.15, 0.2) is 48.8 Å². The molecule has 4 rings (SSSR count). The summed E-state index contributed by atoms with van der Waals surface area (Å²) < 4.78 is 0. The van der Waals surface area contributed by atoms with Crippen LogP contribution in [0.4, 0.5) is 0 Å². The van der Waals surface area contributed by atoms with E-state index in [1.807, 2.05) is 42.6 Å². The Morgan fingerprint density at radius 1 is 1.29 bits per heavy atom. The molecule has 0 bridgehead atoms. The number of carbonyl (C=O) groups excluding carboxylic acids is 2. The predicted octanol–water partition coefficient (Wildman–Crippen LogP) is 1.72. The molecule has 28 heavy (non-hydrogen) atoms. The van der Waals surface area contributed by atoms with Crippen LogP contribution in [-0.4, -0.2) is 59.3 Å². The number of hydrogen-bond acceptors (Lipinski definition) is 4. The quantitative estimate of drug-likeness (QED) is 0.883. The Kier molecular flexibility index (Phi) is 4.89. The maximum absolute atomic E-state index is 13.0.